The molecule has 1 saturated carbocycles. The zero-order valence-corrected chi connectivity index (χ0v) is 30.4. The van der Waals surface area contributed by atoms with Gasteiger partial charge >= 0.3 is 12.1 Å². The van der Waals surface area contributed by atoms with Crippen LogP contribution in [0.15, 0.2) is 24.3 Å². The third-order valence-electron chi connectivity index (χ3n) is 10.7. The van der Waals surface area contributed by atoms with E-state index in [0.717, 1.165) is 30.4 Å². The minimum absolute atomic E-state index is 0.0548. The Hall–Kier alpha value is -3.87. The van der Waals surface area contributed by atoms with Crippen molar-refractivity contribution in [1.82, 2.24) is 26.2 Å². The van der Waals surface area contributed by atoms with Crippen LogP contribution in [0.25, 0.3) is 0 Å². The molecule has 13 heteroatoms. The number of aliphatic hydroxyl groups excluding tert-OH is 1. The number of carbonyl (C=O) groups is 5. The number of rotatable bonds is 15. The van der Waals surface area contributed by atoms with Gasteiger partial charge in [-0.2, -0.15) is 0 Å². The van der Waals surface area contributed by atoms with Gasteiger partial charge in [-0.15, -0.1) is 0 Å². The van der Waals surface area contributed by atoms with E-state index in [1.807, 2.05) is 65.8 Å². The van der Waals surface area contributed by atoms with Crippen LogP contribution in [0.5, 0.6) is 0 Å². The number of nitrogens with two attached hydrogens (primary N) is 1. The molecule has 50 heavy (non-hydrogen) atoms. The molecule has 1 aromatic carbocycles. The number of urea groups is 1. The lowest BCUT2D eigenvalue weighted by atomic mass is 9.79. The van der Waals surface area contributed by atoms with E-state index in [0.29, 0.717) is 32.2 Å². The first-order valence-electron chi connectivity index (χ1n) is 18.3. The molecule has 6 amide bonds. The quantitative estimate of drug-likeness (QED) is 0.162. The molecule has 1 aromatic rings. The van der Waals surface area contributed by atoms with Crippen LogP contribution < -0.4 is 27.0 Å². The van der Waals surface area contributed by atoms with E-state index in [2.05, 4.69) is 21.3 Å². The van der Waals surface area contributed by atoms with Crippen molar-refractivity contribution in [3.05, 3.63) is 35.4 Å². The smallest absolute Gasteiger partial charge is 0.407 e. The number of nitrogens with one attached hydrogen (secondary N) is 4. The molecule has 1 heterocycles. The molecular weight excluding hydrogens is 640 g/mol. The number of benzene rings is 1. The second-order valence-electron chi connectivity index (χ2n) is 15.4. The van der Waals surface area contributed by atoms with Gasteiger partial charge in [0.1, 0.15) is 18.7 Å². The monoisotopic (exact) mass is 698 g/mol. The highest BCUT2D eigenvalue weighted by Crippen LogP contribution is 2.35. The van der Waals surface area contributed by atoms with E-state index in [1.165, 1.54) is 0 Å². The number of hydrogen-bond acceptors (Lipinski definition) is 7. The summed E-state index contributed by atoms with van der Waals surface area (Å²) in [4.78, 5) is 68.2. The third-order valence-corrected chi connectivity index (χ3v) is 10.7. The van der Waals surface area contributed by atoms with Gasteiger partial charge in [0.05, 0.1) is 12.1 Å². The average molecular weight is 699 g/mol. The van der Waals surface area contributed by atoms with E-state index in [-0.39, 0.29) is 48.1 Å². The molecule has 2 fully saturated rings. The molecule has 3 aliphatic rings. The zero-order chi connectivity index (χ0) is 36.7. The van der Waals surface area contributed by atoms with Crippen LogP contribution in [0, 0.1) is 29.6 Å². The van der Waals surface area contributed by atoms with Crippen molar-refractivity contribution >= 4 is 29.8 Å². The van der Waals surface area contributed by atoms with Gasteiger partial charge in [0.25, 0.3) is 0 Å². The van der Waals surface area contributed by atoms with Crippen molar-refractivity contribution in [1.29, 1.82) is 0 Å². The number of aliphatic hydroxyl groups is 1. The third kappa shape index (κ3) is 9.88. The molecular formula is C37H58N6O7. The van der Waals surface area contributed by atoms with Gasteiger partial charge in [-0.25, -0.2) is 9.59 Å². The van der Waals surface area contributed by atoms with E-state index in [9.17, 15) is 29.1 Å². The summed E-state index contributed by atoms with van der Waals surface area (Å²) in [5.74, 6) is -1.90. The van der Waals surface area contributed by atoms with Crippen LogP contribution >= 0.6 is 0 Å². The Balaban J connectivity index is 1.56. The predicted octanol–water partition coefficient (Wildman–Crippen LogP) is 2.62. The molecule has 0 spiro atoms. The number of carbonyl (C=O) groups excluding carboxylic acids is 5. The maximum absolute atomic E-state index is 14.7. The molecule has 2 aliphatic carbocycles. The predicted molar refractivity (Wildman–Crippen MR) is 189 cm³/mol. The summed E-state index contributed by atoms with van der Waals surface area (Å²) < 4.78 is 5.37. The minimum Gasteiger partial charge on any atom is -0.447 e. The van der Waals surface area contributed by atoms with Gasteiger partial charge in [0.2, 0.25) is 17.7 Å². The summed E-state index contributed by atoms with van der Waals surface area (Å²) >= 11 is 0. The molecule has 1 saturated heterocycles. The molecule has 278 valence electrons. The Labute approximate surface area is 296 Å². The second kappa shape index (κ2) is 17.4. The Kier molecular flexibility index (Phi) is 13.5. The fourth-order valence-electron chi connectivity index (χ4n) is 7.50. The fourth-order valence-corrected chi connectivity index (χ4v) is 7.50. The van der Waals surface area contributed by atoms with Crippen molar-refractivity contribution in [2.24, 2.45) is 35.3 Å². The minimum atomic E-state index is -1.55. The number of nitrogens with zero attached hydrogens (tertiary/aromatic N) is 1. The van der Waals surface area contributed by atoms with Crippen molar-refractivity contribution in [2.45, 2.75) is 123 Å². The number of fused-ring (bicyclic) bond motifs is 1. The van der Waals surface area contributed by atoms with E-state index in [1.54, 1.807) is 4.90 Å². The number of hydrogen-bond donors (Lipinski definition) is 6. The van der Waals surface area contributed by atoms with Gasteiger partial charge in [-0.05, 0) is 80.2 Å². The summed E-state index contributed by atoms with van der Waals surface area (Å²) in [5.41, 5.74) is 7.69. The number of ether oxygens (including phenoxy) is 1. The van der Waals surface area contributed by atoms with Gasteiger partial charge in [0, 0.05) is 12.6 Å². The number of amides is 6. The average Bonchev–Trinajstić information content (AvgIpc) is 3.67. The van der Waals surface area contributed by atoms with Crippen LogP contribution in [-0.4, -0.2) is 89.3 Å². The topological polar surface area (TPSA) is 192 Å². The molecule has 0 radical (unpaired) electrons. The summed E-state index contributed by atoms with van der Waals surface area (Å²) in [6.07, 6.45) is 2.99. The highest BCUT2D eigenvalue weighted by atomic mass is 16.5. The Bertz CT molecular complexity index is 1340. The molecule has 0 bridgehead atoms. The van der Waals surface area contributed by atoms with E-state index < -0.39 is 54.2 Å². The summed E-state index contributed by atoms with van der Waals surface area (Å²) in [6.45, 7) is 11.7. The normalized spacial score (nSPS) is 21.6. The lowest BCUT2D eigenvalue weighted by Crippen LogP contribution is -2.61. The van der Waals surface area contributed by atoms with Crippen molar-refractivity contribution < 1.29 is 33.8 Å². The maximum Gasteiger partial charge on any atom is 0.407 e. The molecule has 4 rings (SSSR count). The summed E-state index contributed by atoms with van der Waals surface area (Å²) in [7, 11) is 0. The van der Waals surface area contributed by atoms with Crippen molar-refractivity contribution in [3.63, 3.8) is 0 Å². The lowest BCUT2D eigenvalue weighted by Gasteiger charge is -2.36. The van der Waals surface area contributed by atoms with E-state index in [4.69, 9.17) is 10.5 Å². The van der Waals surface area contributed by atoms with Crippen molar-refractivity contribution in [2.75, 3.05) is 13.2 Å². The number of primary amides is 1. The summed E-state index contributed by atoms with van der Waals surface area (Å²) in [6, 6.07) is 4.08. The first kappa shape index (κ1) is 38.9. The SMILES string of the molecule is CC(C)NC(=O)OC[C@@H](NC(=O)N[C@H](C(=O)N1CCC(C(C)C)[C@H]1C(=O)NC(CC1CCC1)C(O)C(N)=O)C1Cc2ccccc2C1)C(C)C. The van der Waals surface area contributed by atoms with Crippen LogP contribution in [0.1, 0.15) is 84.8 Å². The Morgan fingerprint density at radius 3 is 2.06 bits per heavy atom. The largest absolute Gasteiger partial charge is 0.447 e. The van der Waals surface area contributed by atoms with Crippen LogP contribution in [0.4, 0.5) is 9.59 Å². The van der Waals surface area contributed by atoms with Crippen LogP contribution in [0.2, 0.25) is 0 Å². The Morgan fingerprint density at radius 1 is 0.900 bits per heavy atom. The molecule has 1 aliphatic heterocycles. The van der Waals surface area contributed by atoms with Gasteiger partial charge in [0.15, 0.2) is 6.10 Å². The van der Waals surface area contributed by atoms with Crippen molar-refractivity contribution in [3.8, 4) is 0 Å². The first-order valence-corrected chi connectivity index (χ1v) is 18.3. The molecule has 13 nitrogen and oxygen atoms in total. The van der Waals surface area contributed by atoms with Gasteiger partial charge in [-0.3, -0.25) is 14.4 Å². The first-order chi connectivity index (χ1) is 23.7. The Morgan fingerprint density at radius 2 is 1.54 bits per heavy atom. The van der Waals surface area contributed by atoms with E-state index >= 15 is 0 Å². The lowest BCUT2D eigenvalue weighted by molar-refractivity contribution is -0.143. The molecule has 3 unspecified atom stereocenters. The second-order valence-corrected chi connectivity index (χ2v) is 15.4. The zero-order valence-electron chi connectivity index (χ0n) is 30.4. The fraction of sp³-hybridized carbons (Fsp3) is 0.703. The number of alkyl carbamates (subject to hydrolysis) is 1. The highest BCUT2D eigenvalue weighted by molar-refractivity contribution is 5.93. The molecule has 6 atom stereocenters. The maximum atomic E-state index is 14.7. The number of likely N-dealkylation sites (tertiary alicyclic amines) is 1. The van der Waals surface area contributed by atoms with Gasteiger partial charge in [-0.1, -0.05) is 71.2 Å². The molecule has 7 N–H and O–H groups in total. The van der Waals surface area contributed by atoms with Crippen LogP contribution in [0.3, 0.4) is 0 Å². The van der Waals surface area contributed by atoms with Gasteiger partial charge < -0.3 is 41.7 Å². The standard InChI is InChI=1S/C37H58N6O7/c1-20(2)27-14-15-43(31(27)34(46)40-28(32(44)33(38)45)16-23-10-9-11-23)35(47)30(26-17-24-12-7-8-13-25(24)18-26)42-36(48)41-29(21(3)4)19-50-37(49)39-22(5)6/h7-8,12-13,20-23,26-32,44H,9-11,14-19H2,1-6H3,(H2,38,45)(H,39,49)(H,40,46)(H2,41,42,48)/t27?,28?,29-,30+,31+,32?/m1/s1. The molecule has 0 aromatic heterocycles. The van der Waals surface area contributed by atoms with Crippen LogP contribution in [-0.2, 0) is 32.0 Å². The summed E-state index contributed by atoms with van der Waals surface area (Å²) in [5, 5.41) is 22.1. The highest BCUT2D eigenvalue weighted by Gasteiger charge is 2.48.